The average molecular weight is 342 g/mol. The van der Waals surface area contributed by atoms with Crippen molar-refractivity contribution in [1.82, 2.24) is 14.8 Å². The molecule has 0 saturated heterocycles. The number of rotatable bonds is 6. The molecule has 2 aromatic heterocycles. The molecular weight excluding hydrogens is 324 g/mol. The first-order chi connectivity index (χ1) is 11.6. The number of thiazole rings is 1. The lowest BCUT2D eigenvalue weighted by Gasteiger charge is -2.04. The van der Waals surface area contributed by atoms with E-state index < -0.39 is 0 Å². The van der Waals surface area contributed by atoms with Gasteiger partial charge in [0.25, 0.3) is 0 Å². The summed E-state index contributed by atoms with van der Waals surface area (Å²) in [6.07, 6.45) is 3.59. The molecular formula is C17H18N4O2S. The van der Waals surface area contributed by atoms with Gasteiger partial charge in [-0.25, -0.2) is 4.98 Å². The fourth-order valence-corrected chi connectivity index (χ4v) is 2.84. The van der Waals surface area contributed by atoms with Crippen LogP contribution in [0.3, 0.4) is 0 Å². The molecule has 1 amide bonds. The summed E-state index contributed by atoms with van der Waals surface area (Å²) in [7, 11) is 1.80. The maximum Gasteiger partial charge on any atom is 0.230 e. The zero-order valence-electron chi connectivity index (χ0n) is 13.5. The summed E-state index contributed by atoms with van der Waals surface area (Å²) in [6, 6.07) is 7.88. The zero-order chi connectivity index (χ0) is 16.9. The predicted octanol–water partition coefficient (Wildman–Crippen LogP) is 2.95. The van der Waals surface area contributed by atoms with Crippen molar-refractivity contribution in [3.8, 4) is 5.75 Å². The van der Waals surface area contributed by atoms with E-state index in [2.05, 4.69) is 15.4 Å². The Hall–Kier alpha value is -2.67. The highest BCUT2D eigenvalue weighted by Gasteiger charge is 2.09. The SMILES string of the molecule is Cc1ccc(OCc2nc(CC(=O)Nc3cnn(C)c3)cs2)cc1. The van der Waals surface area contributed by atoms with Gasteiger partial charge < -0.3 is 10.1 Å². The predicted molar refractivity (Wildman–Crippen MR) is 93.2 cm³/mol. The Balaban J connectivity index is 1.51. The third kappa shape index (κ3) is 4.42. The number of hydrogen-bond donors (Lipinski definition) is 1. The Morgan fingerprint density at radius 2 is 2.12 bits per heavy atom. The number of aryl methyl sites for hydroxylation is 2. The molecule has 0 spiro atoms. The highest BCUT2D eigenvalue weighted by molar-refractivity contribution is 7.09. The van der Waals surface area contributed by atoms with E-state index in [1.165, 1.54) is 16.9 Å². The number of carbonyl (C=O) groups is 1. The molecule has 0 aliphatic heterocycles. The van der Waals surface area contributed by atoms with E-state index in [-0.39, 0.29) is 12.3 Å². The second-order valence-electron chi connectivity index (χ2n) is 5.46. The number of amides is 1. The molecule has 0 radical (unpaired) electrons. The maximum absolute atomic E-state index is 12.0. The molecule has 1 N–H and O–H groups in total. The van der Waals surface area contributed by atoms with Crippen LogP contribution in [0.25, 0.3) is 0 Å². The standard InChI is InChI=1S/C17H18N4O2S/c1-12-3-5-15(6-4-12)23-10-17-20-13(11-24-17)7-16(22)19-14-8-18-21(2)9-14/h3-6,8-9,11H,7,10H2,1-2H3,(H,19,22). The van der Waals surface area contributed by atoms with Gasteiger partial charge >= 0.3 is 0 Å². The van der Waals surface area contributed by atoms with Gasteiger partial charge in [-0.3, -0.25) is 9.48 Å². The first-order valence-electron chi connectivity index (χ1n) is 7.50. The van der Waals surface area contributed by atoms with Crippen LogP contribution in [0.5, 0.6) is 5.75 Å². The van der Waals surface area contributed by atoms with Crippen molar-refractivity contribution in [2.75, 3.05) is 5.32 Å². The first kappa shape index (κ1) is 16.2. The normalized spacial score (nSPS) is 10.6. The molecule has 3 rings (SSSR count). The Labute approximate surface area is 144 Å². The lowest BCUT2D eigenvalue weighted by Crippen LogP contribution is -2.14. The van der Waals surface area contributed by atoms with Gasteiger partial charge in [-0.15, -0.1) is 11.3 Å². The molecule has 0 fully saturated rings. The van der Waals surface area contributed by atoms with E-state index in [1.807, 2.05) is 36.6 Å². The molecule has 1 aromatic carbocycles. The number of carbonyl (C=O) groups excluding carboxylic acids is 1. The fourth-order valence-electron chi connectivity index (χ4n) is 2.13. The van der Waals surface area contributed by atoms with Crippen molar-refractivity contribution < 1.29 is 9.53 Å². The Morgan fingerprint density at radius 3 is 2.83 bits per heavy atom. The van der Waals surface area contributed by atoms with Crippen LogP contribution in [0.2, 0.25) is 0 Å². The van der Waals surface area contributed by atoms with Crippen molar-refractivity contribution in [2.45, 2.75) is 20.0 Å². The molecule has 0 aliphatic carbocycles. The number of nitrogens with one attached hydrogen (secondary N) is 1. The summed E-state index contributed by atoms with van der Waals surface area (Å²) in [5.74, 6) is 0.700. The molecule has 0 atom stereocenters. The van der Waals surface area contributed by atoms with Crippen molar-refractivity contribution in [3.63, 3.8) is 0 Å². The molecule has 124 valence electrons. The quantitative estimate of drug-likeness (QED) is 0.748. The van der Waals surface area contributed by atoms with Gasteiger partial charge in [-0.05, 0) is 19.1 Å². The second kappa shape index (κ2) is 7.27. The van der Waals surface area contributed by atoms with E-state index >= 15 is 0 Å². The molecule has 3 aromatic rings. The third-order valence-electron chi connectivity index (χ3n) is 3.31. The van der Waals surface area contributed by atoms with Gasteiger partial charge in [0.1, 0.15) is 17.4 Å². The summed E-state index contributed by atoms with van der Waals surface area (Å²) >= 11 is 1.49. The highest BCUT2D eigenvalue weighted by Crippen LogP contribution is 2.16. The number of hydrogen-bond acceptors (Lipinski definition) is 5. The molecule has 24 heavy (non-hydrogen) atoms. The topological polar surface area (TPSA) is 69.0 Å². The molecule has 7 heteroatoms. The Bertz CT molecular complexity index is 823. The van der Waals surface area contributed by atoms with E-state index in [0.29, 0.717) is 12.3 Å². The van der Waals surface area contributed by atoms with Gasteiger partial charge in [0.05, 0.1) is 24.0 Å². The second-order valence-corrected chi connectivity index (χ2v) is 6.40. The van der Waals surface area contributed by atoms with Crippen LogP contribution in [0, 0.1) is 6.92 Å². The molecule has 6 nitrogen and oxygen atoms in total. The minimum Gasteiger partial charge on any atom is -0.486 e. The molecule has 2 heterocycles. The summed E-state index contributed by atoms with van der Waals surface area (Å²) in [5.41, 5.74) is 2.61. The van der Waals surface area contributed by atoms with E-state index in [4.69, 9.17) is 4.74 Å². The van der Waals surface area contributed by atoms with Crippen molar-refractivity contribution in [1.29, 1.82) is 0 Å². The molecule has 0 unspecified atom stereocenters. The number of nitrogens with zero attached hydrogens (tertiary/aromatic N) is 3. The van der Waals surface area contributed by atoms with E-state index in [1.54, 1.807) is 24.1 Å². The van der Waals surface area contributed by atoms with Crippen LogP contribution in [-0.4, -0.2) is 20.7 Å². The van der Waals surface area contributed by atoms with Gasteiger partial charge in [0.2, 0.25) is 5.91 Å². The number of aromatic nitrogens is 3. The van der Waals surface area contributed by atoms with Gasteiger partial charge in [-0.1, -0.05) is 17.7 Å². The number of benzene rings is 1. The van der Waals surface area contributed by atoms with Crippen molar-refractivity contribution >= 4 is 22.9 Å². The minimum absolute atomic E-state index is 0.112. The summed E-state index contributed by atoms with van der Waals surface area (Å²) in [4.78, 5) is 16.4. The van der Waals surface area contributed by atoms with Crippen LogP contribution in [0.4, 0.5) is 5.69 Å². The molecule has 0 bridgehead atoms. The van der Waals surface area contributed by atoms with Gasteiger partial charge in [-0.2, -0.15) is 5.10 Å². The fraction of sp³-hybridized carbons (Fsp3) is 0.235. The van der Waals surface area contributed by atoms with Gasteiger partial charge in [0, 0.05) is 18.6 Å². The van der Waals surface area contributed by atoms with E-state index in [9.17, 15) is 4.79 Å². The zero-order valence-corrected chi connectivity index (χ0v) is 14.3. The summed E-state index contributed by atoms with van der Waals surface area (Å²) in [6.45, 7) is 2.44. The molecule has 0 saturated carbocycles. The Morgan fingerprint density at radius 1 is 1.33 bits per heavy atom. The average Bonchev–Trinajstić information content (AvgIpc) is 3.16. The van der Waals surface area contributed by atoms with Gasteiger partial charge in [0.15, 0.2) is 0 Å². The first-order valence-corrected chi connectivity index (χ1v) is 8.38. The largest absolute Gasteiger partial charge is 0.486 e. The summed E-state index contributed by atoms with van der Waals surface area (Å²) in [5, 5.41) is 9.54. The number of anilines is 1. The summed E-state index contributed by atoms with van der Waals surface area (Å²) < 4.78 is 7.34. The van der Waals surface area contributed by atoms with E-state index in [0.717, 1.165) is 16.5 Å². The van der Waals surface area contributed by atoms with Crippen LogP contribution in [-0.2, 0) is 24.9 Å². The lowest BCUT2D eigenvalue weighted by molar-refractivity contribution is -0.115. The maximum atomic E-state index is 12.0. The van der Waals surface area contributed by atoms with Crippen LogP contribution < -0.4 is 10.1 Å². The van der Waals surface area contributed by atoms with Crippen LogP contribution >= 0.6 is 11.3 Å². The number of ether oxygens (including phenoxy) is 1. The Kier molecular flexibility index (Phi) is 4.90. The monoisotopic (exact) mass is 342 g/mol. The highest BCUT2D eigenvalue weighted by atomic mass is 32.1. The smallest absolute Gasteiger partial charge is 0.230 e. The van der Waals surface area contributed by atoms with Crippen LogP contribution in [0.1, 0.15) is 16.3 Å². The van der Waals surface area contributed by atoms with Crippen molar-refractivity contribution in [3.05, 3.63) is 58.3 Å². The molecule has 0 aliphatic rings. The lowest BCUT2D eigenvalue weighted by atomic mass is 10.2. The third-order valence-corrected chi connectivity index (χ3v) is 4.18. The van der Waals surface area contributed by atoms with Crippen LogP contribution in [0.15, 0.2) is 42.0 Å². The minimum atomic E-state index is -0.112. The van der Waals surface area contributed by atoms with Crippen molar-refractivity contribution in [2.24, 2.45) is 7.05 Å².